The van der Waals surface area contributed by atoms with Crippen LogP contribution in [-0.4, -0.2) is 46.4 Å². The lowest BCUT2D eigenvalue weighted by molar-refractivity contribution is -0.121. The van der Waals surface area contributed by atoms with E-state index in [2.05, 4.69) is 10.0 Å². The summed E-state index contributed by atoms with van der Waals surface area (Å²) in [4.78, 5) is 14.1. The van der Waals surface area contributed by atoms with Crippen LogP contribution in [0, 0.1) is 0 Å². The Morgan fingerprint density at radius 1 is 1.16 bits per heavy atom. The Hall–Kier alpha value is -2.16. The molecule has 0 aliphatic carbocycles. The third-order valence-corrected chi connectivity index (χ3v) is 5.16. The Morgan fingerprint density at radius 2 is 1.88 bits per heavy atom. The van der Waals surface area contributed by atoms with E-state index >= 15 is 0 Å². The number of hydrogen-bond donors (Lipinski definition) is 2. The van der Waals surface area contributed by atoms with Crippen molar-refractivity contribution in [2.45, 2.75) is 17.4 Å². The Balaban J connectivity index is 1.79. The van der Waals surface area contributed by atoms with E-state index in [-0.39, 0.29) is 29.8 Å². The predicted molar refractivity (Wildman–Crippen MR) is 94.4 cm³/mol. The van der Waals surface area contributed by atoms with Gasteiger partial charge in [-0.2, -0.15) is 0 Å². The van der Waals surface area contributed by atoms with Gasteiger partial charge in [0.05, 0.1) is 17.2 Å². The first-order chi connectivity index (χ1) is 11.9. The van der Waals surface area contributed by atoms with Crippen LogP contribution in [-0.2, 0) is 14.8 Å². The van der Waals surface area contributed by atoms with Crippen LogP contribution >= 0.6 is 0 Å². The summed E-state index contributed by atoms with van der Waals surface area (Å²) in [7, 11) is 0.203. The van der Waals surface area contributed by atoms with Crippen molar-refractivity contribution in [2.24, 2.45) is 0 Å². The van der Waals surface area contributed by atoms with Crippen LogP contribution in [0.2, 0.25) is 0 Å². The van der Waals surface area contributed by atoms with E-state index in [1.165, 1.54) is 12.1 Å². The number of nitrogens with zero attached hydrogens (tertiary/aromatic N) is 1. The molecule has 2 N–H and O–H groups in total. The molecule has 1 heterocycles. The molecule has 1 atom stereocenters. The number of amides is 1. The van der Waals surface area contributed by atoms with Crippen molar-refractivity contribution >= 4 is 15.9 Å². The van der Waals surface area contributed by atoms with Crippen LogP contribution in [0.1, 0.15) is 18.2 Å². The molecule has 0 bridgehead atoms. The molecule has 7 nitrogen and oxygen atoms in total. The van der Waals surface area contributed by atoms with Crippen molar-refractivity contribution in [3.63, 3.8) is 0 Å². The number of carbonyl (C=O) groups is 1. The number of hydrogen-bond acceptors (Lipinski definition) is 5. The Labute approximate surface area is 148 Å². The van der Waals surface area contributed by atoms with Crippen LogP contribution < -0.4 is 10.0 Å². The summed E-state index contributed by atoms with van der Waals surface area (Å²) >= 11 is 0. The highest BCUT2D eigenvalue weighted by Gasteiger charge is 2.18. The van der Waals surface area contributed by atoms with Gasteiger partial charge >= 0.3 is 0 Å². The first-order valence-corrected chi connectivity index (χ1v) is 9.39. The maximum Gasteiger partial charge on any atom is 0.240 e. The van der Waals surface area contributed by atoms with Gasteiger partial charge in [0.15, 0.2) is 0 Å². The molecule has 1 aromatic heterocycles. The smallest absolute Gasteiger partial charge is 0.240 e. The third-order valence-electron chi connectivity index (χ3n) is 3.69. The van der Waals surface area contributed by atoms with Crippen molar-refractivity contribution in [1.29, 1.82) is 0 Å². The van der Waals surface area contributed by atoms with Gasteiger partial charge in [-0.3, -0.25) is 9.69 Å². The summed E-state index contributed by atoms with van der Waals surface area (Å²) in [5.74, 6) is 0.532. The predicted octanol–water partition coefficient (Wildman–Crippen LogP) is 1.37. The molecule has 25 heavy (non-hydrogen) atoms. The number of nitrogens with one attached hydrogen (secondary N) is 2. The average Bonchev–Trinajstić information content (AvgIpc) is 3.09. The zero-order chi connectivity index (χ0) is 18.3. The van der Waals surface area contributed by atoms with Gasteiger partial charge in [0.1, 0.15) is 5.76 Å². The topological polar surface area (TPSA) is 91.7 Å². The first kappa shape index (κ1) is 19.2. The van der Waals surface area contributed by atoms with Gasteiger partial charge in [-0.1, -0.05) is 18.2 Å². The summed E-state index contributed by atoms with van der Waals surface area (Å²) in [5.41, 5.74) is 0. The number of rotatable bonds is 9. The van der Waals surface area contributed by atoms with Crippen molar-refractivity contribution in [3.05, 3.63) is 54.5 Å². The zero-order valence-electron chi connectivity index (χ0n) is 14.3. The largest absolute Gasteiger partial charge is 0.468 e. The van der Waals surface area contributed by atoms with Gasteiger partial charge in [0.25, 0.3) is 0 Å². The molecule has 0 radical (unpaired) electrons. The van der Waals surface area contributed by atoms with E-state index in [1.54, 1.807) is 30.5 Å². The molecule has 2 rings (SSSR count). The maximum atomic E-state index is 12.1. The van der Waals surface area contributed by atoms with Gasteiger partial charge in [-0.15, -0.1) is 0 Å². The second-order valence-electron chi connectivity index (χ2n) is 5.76. The molecule has 136 valence electrons. The van der Waals surface area contributed by atoms with Gasteiger partial charge in [-0.05, 0) is 38.4 Å². The normalized spacial score (nSPS) is 12.9. The van der Waals surface area contributed by atoms with Crippen LogP contribution in [0.3, 0.4) is 0 Å². The van der Waals surface area contributed by atoms with E-state index in [9.17, 15) is 13.2 Å². The quantitative estimate of drug-likeness (QED) is 0.700. The third kappa shape index (κ3) is 5.70. The molecule has 1 amide bonds. The molecular formula is C17H23N3O4S. The molecule has 8 heteroatoms. The van der Waals surface area contributed by atoms with Crippen LogP contribution in [0.15, 0.2) is 58.0 Å². The van der Waals surface area contributed by atoms with E-state index in [0.29, 0.717) is 6.54 Å². The van der Waals surface area contributed by atoms with Crippen molar-refractivity contribution < 1.29 is 17.6 Å². The number of likely N-dealkylation sites (N-methyl/N-ethyl adjacent to an activating group) is 1. The molecular weight excluding hydrogens is 342 g/mol. The first-order valence-electron chi connectivity index (χ1n) is 7.91. The van der Waals surface area contributed by atoms with Gasteiger partial charge in [0.2, 0.25) is 15.9 Å². The summed E-state index contributed by atoms with van der Waals surface area (Å²) in [5, 5.41) is 2.80. The number of furan rings is 1. The minimum absolute atomic E-state index is 0.0381. The van der Waals surface area contributed by atoms with Crippen molar-refractivity contribution in [3.8, 4) is 0 Å². The molecule has 2 aromatic rings. The number of carbonyl (C=O) groups excluding carboxylic acids is 1. The van der Waals surface area contributed by atoms with Gasteiger partial charge < -0.3 is 9.73 Å². The molecule has 0 fully saturated rings. The van der Waals surface area contributed by atoms with Crippen LogP contribution in [0.5, 0.6) is 0 Å². The highest BCUT2D eigenvalue weighted by molar-refractivity contribution is 7.89. The fraction of sp³-hybridized carbons (Fsp3) is 0.353. The summed E-state index contributed by atoms with van der Waals surface area (Å²) in [6.07, 6.45) is 1.65. The summed E-state index contributed by atoms with van der Waals surface area (Å²) in [6.45, 7) is 0.418. The molecule has 0 saturated heterocycles. The van der Waals surface area contributed by atoms with Gasteiger partial charge in [-0.25, -0.2) is 13.1 Å². The van der Waals surface area contributed by atoms with Crippen molar-refractivity contribution in [1.82, 2.24) is 14.9 Å². The van der Waals surface area contributed by atoms with Crippen LogP contribution in [0.25, 0.3) is 0 Å². The highest BCUT2D eigenvalue weighted by Crippen LogP contribution is 2.17. The maximum absolute atomic E-state index is 12.1. The fourth-order valence-corrected chi connectivity index (χ4v) is 3.35. The Bertz CT molecular complexity index is 758. The van der Waals surface area contributed by atoms with E-state index in [0.717, 1.165) is 5.76 Å². The molecule has 1 aromatic carbocycles. The lowest BCUT2D eigenvalue weighted by atomic mass is 10.2. The van der Waals surface area contributed by atoms with Gasteiger partial charge in [0, 0.05) is 19.5 Å². The zero-order valence-corrected chi connectivity index (χ0v) is 15.1. The second-order valence-corrected chi connectivity index (χ2v) is 7.53. The van der Waals surface area contributed by atoms with E-state index in [1.807, 2.05) is 25.1 Å². The molecule has 0 aliphatic heterocycles. The standard InChI is InChI=1S/C17H23N3O4S/c1-20(2)15(16-9-6-12-24-16)13-18-17(21)10-11-19-25(22,23)14-7-4-3-5-8-14/h3-9,12,15,19H,10-11,13H2,1-2H3,(H,18,21). The van der Waals surface area contributed by atoms with E-state index in [4.69, 9.17) is 4.42 Å². The molecule has 0 saturated carbocycles. The molecule has 0 aliphatic rings. The second kappa shape index (κ2) is 8.80. The minimum Gasteiger partial charge on any atom is -0.468 e. The van der Waals surface area contributed by atoms with Crippen molar-refractivity contribution in [2.75, 3.05) is 27.2 Å². The lowest BCUT2D eigenvalue weighted by Crippen LogP contribution is -2.36. The number of benzene rings is 1. The lowest BCUT2D eigenvalue weighted by Gasteiger charge is -2.22. The van der Waals surface area contributed by atoms with Crippen LogP contribution in [0.4, 0.5) is 0 Å². The summed E-state index contributed by atoms with van der Waals surface area (Å²) in [6, 6.07) is 11.6. The number of sulfonamides is 1. The Kier molecular flexibility index (Phi) is 6.74. The summed E-state index contributed by atoms with van der Waals surface area (Å²) < 4.78 is 31.9. The van der Waals surface area contributed by atoms with E-state index < -0.39 is 10.0 Å². The SMILES string of the molecule is CN(C)C(CNC(=O)CCNS(=O)(=O)c1ccccc1)c1ccco1. The minimum atomic E-state index is -3.59. The Morgan fingerprint density at radius 3 is 2.48 bits per heavy atom. The average molecular weight is 365 g/mol. The highest BCUT2D eigenvalue weighted by atomic mass is 32.2. The monoisotopic (exact) mass is 365 g/mol. The molecule has 0 spiro atoms. The fourth-order valence-electron chi connectivity index (χ4n) is 2.30. The molecule has 1 unspecified atom stereocenters.